The minimum atomic E-state index is -4.60. The first-order valence-corrected chi connectivity index (χ1v) is 6.78. The molecule has 0 radical (unpaired) electrons. The smallest absolute Gasteiger partial charge is 0.324 e. The van der Waals surface area contributed by atoms with E-state index >= 15 is 0 Å². The average molecular weight is 365 g/mol. The quantitative estimate of drug-likeness (QED) is 0.617. The fourth-order valence-corrected chi connectivity index (χ4v) is 2.06. The maximum absolute atomic E-state index is 12.6. The zero-order chi connectivity index (χ0) is 16.2. The number of amides is 1. The van der Waals surface area contributed by atoms with E-state index in [0.29, 0.717) is 17.8 Å². The summed E-state index contributed by atoms with van der Waals surface area (Å²) < 4.78 is 62.3. The summed E-state index contributed by atoms with van der Waals surface area (Å²) in [7, 11) is 0. The lowest BCUT2D eigenvalue weighted by molar-refractivity contribution is -0.137. The van der Waals surface area contributed by atoms with Crippen molar-refractivity contribution >= 4 is 35.8 Å². The largest absolute Gasteiger partial charge is 0.416 e. The molecule has 1 amide bonds. The van der Waals surface area contributed by atoms with E-state index in [1.165, 1.54) is 6.92 Å². The van der Waals surface area contributed by atoms with Crippen molar-refractivity contribution in [2.45, 2.75) is 30.5 Å². The maximum atomic E-state index is 12.6. The third-order valence-electron chi connectivity index (χ3n) is 2.34. The monoisotopic (exact) mass is 364 g/mol. The Morgan fingerprint density at radius 1 is 1.36 bits per heavy atom. The zero-order valence-electron chi connectivity index (χ0n) is 11.3. The maximum Gasteiger partial charge on any atom is 0.416 e. The van der Waals surface area contributed by atoms with E-state index in [4.69, 9.17) is 5.73 Å². The van der Waals surface area contributed by atoms with Crippen LogP contribution in [0.3, 0.4) is 0 Å². The van der Waals surface area contributed by atoms with E-state index in [1.54, 1.807) is 0 Å². The van der Waals surface area contributed by atoms with Gasteiger partial charge in [0.2, 0.25) is 12.3 Å². The highest BCUT2D eigenvalue weighted by atomic mass is 35.5. The Bertz CT molecular complexity index is 511. The van der Waals surface area contributed by atoms with Crippen molar-refractivity contribution in [2.75, 3.05) is 11.1 Å². The van der Waals surface area contributed by atoms with Crippen LogP contribution in [0, 0.1) is 0 Å². The van der Waals surface area contributed by atoms with Gasteiger partial charge in [-0.2, -0.15) is 13.2 Å². The summed E-state index contributed by atoms with van der Waals surface area (Å²) in [5, 5.41) is 2.22. The molecule has 3 N–H and O–H groups in total. The van der Waals surface area contributed by atoms with E-state index in [2.05, 4.69) is 5.32 Å². The fraction of sp³-hybridized carbons (Fsp3) is 0.417. The SMILES string of the molecule is C[C@H](N)C(=O)Nc1cc(C(F)(F)F)ccc1SCC(F)F.Cl. The third kappa shape index (κ3) is 6.37. The van der Waals surface area contributed by atoms with Crippen molar-refractivity contribution in [1.29, 1.82) is 0 Å². The average Bonchev–Trinajstić information content (AvgIpc) is 2.35. The van der Waals surface area contributed by atoms with Crippen molar-refractivity contribution < 1.29 is 26.7 Å². The van der Waals surface area contributed by atoms with Crippen LogP contribution in [0.2, 0.25) is 0 Å². The molecule has 1 aromatic rings. The Kier molecular flexibility index (Phi) is 8.13. The first kappa shape index (κ1) is 20.9. The summed E-state index contributed by atoms with van der Waals surface area (Å²) in [6.45, 7) is 1.36. The van der Waals surface area contributed by atoms with Crippen LogP contribution in [0.15, 0.2) is 23.1 Å². The van der Waals surface area contributed by atoms with Crippen LogP contribution in [0.1, 0.15) is 12.5 Å². The summed E-state index contributed by atoms with van der Waals surface area (Å²) in [5.74, 6) is -1.29. The first-order chi connectivity index (χ1) is 9.61. The van der Waals surface area contributed by atoms with Gasteiger partial charge in [-0.3, -0.25) is 4.79 Å². The molecule has 0 fully saturated rings. The van der Waals surface area contributed by atoms with Gasteiger partial charge in [0.25, 0.3) is 0 Å². The van der Waals surface area contributed by atoms with Crippen LogP contribution in [-0.2, 0) is 11.0 Å². The normalized spacial score (nSPS) is 12.7. The molecule has 0 spiro atoms. The van der Waals surface area contributed by atoms with Crippen LogP contribution < -0.4 is 11.1 Å². The van der Waals surface area contributed by atoms with Crippen LogP contribution in [0.4, 0.5) is 27.6 Å². The number of alkyl halides is 5. The number of rotatable bonds is 5. The molecule has 0 heterocycles. The zero-order valence-corrected chi connectivity index (χ0v) is 12.9. The number of nitrogens with one attached hydrogen (secondary N) is 1. The number of benzene rings is 1. The molecule has 3 nitrogen and oxygen atoms in total. The predicted octanol–water partition coefficient (Wildman–Crippen LogP) is 3.77. The fourth-order valence-electron chi connectivity index (χ4n) is 1.33. The summed E-state index contributed by atoms with van der Waals surface area (Å²) in [4.78, 5) is 11.6. The van der Waals surface area contributed by atoms with Gasteiger partial charge in [0, 0.05) is 4.90 Å². The molecule has 0 bridgehead atoms. The number of anilines is 1. The Morgan fingerprint density at radius 2 is 1.95 bits per heavy atom. The number of nitrogens with two attached hydrogens (primary N) is 1. The standard InChI is InChI=1S/C12H13F5N2OS.ClH/c1-6(18)11(20)19-8-4-7(12(15,16)17)2-3-9(8)21-5-10(13)14;/h2-4,6,10H,5,18H2,1H3,(H,19,20);1H/t6-;/m0./s1. The molecule has 0 unspecified atom stereocenters. The van der Waals surface area contributed by atoms with Crippen LogP contribution in [-0.4, -0.2) is 24.1 Å². The van der Waals surface area contributed by atoms with Crippen molar-refractivity contribution in [3.8, 4) is 0 Å². The van der Waals surface area contributed by atoms with Gasteiger partial charge >= 0.3 is 6.18 Å². The van der Waals surface area contributed by atoms with E-state index in [1.807, 2.05) is 0 Å². The molecule has 126 valence electrons. The van der Waals surface area contributed by atoms with Crippen molar-refractivity contribution in [2.24, 2.45) is 5.73 Å². The molecule has 0 aliphatic carbocycles. The molecule has 1 rings (SSSR count). The van der Waals surface area contributed by atoms with Gasteiger partial charge in [-0.1, -0.05) is 0 Å². The predicted molar refractivity (Wildman–Crippen MR) is 77.7 cm³/mol. The number of thioether (sulfide) groups is 1. The van der Waals surface area contributed by atoms with Gasteiger partial charge in [-0.15, -0.1) is 24.2 Å². The lowest BCUT2D eigenvalue weighted by Gasteiger charge is -2.15. The molecule has 0 saturated carbocycles. The molecule has 0 aromatic heterocycles. The minimum Gasteiger partial charge on any atom is -0.324 e. The lowest BCUT2D eigenvalue weighted by Crippen LogP contribution is -2.32. The molecule has 0 saturated heterocycles. The van der Waals surface area contributed by atoms with Crippen molar-refractivity contribution in [3.05, 3.63) is 23.8 Å². The summed E-state index contributed by atoms with van der Waals surface area (Å²) in [6.07, 6.45) is -7.21. The Hall–Kier alpha value is -1.06. The molecular weight excluding hydrogens is 351 g/mol. The Morgan fingerprint density at radius 3 is 2.41 bits per heavy atom. The topological polar surface area (TPSA) is 55.1 Å². The highest BCUT2D eigenvalue weighted by Gasteiger charge is 2.31. The van der Waals surface area contributed by atoms with Crippen LogP contribution >= 0.6 is 24.2 Å². The molecule has 1 aromatic carbocycles. The summed E-state index contributed by atoms with van der Waals surface area (Å²) in [6, 6.07) is 1.59. The molecule has 10 heteroatoms. The highest BCUT2D eigenvalue weighted by molar-refractivity contribution is 7.99. The molecule has 22 heavy (non-hydrogen) atoms. The number of hydrogen-bond acceptors (Lipinski definition) is 3. The second-order valence-electron chi connectivity index (χ2n) is 4.19. The Balaban J connectivity index is 0.00000441. The van der Waals surface area contributed by atoms with E-state index in [-0.39, 0.29) is 23.0 Å². The van der Waals surface area contributed by atoms with Gasteiger partial charge in [0.1, 0.15) is 0 Å². The van der Waals surface area contributed by atoms with E-state index in [9.17, 15) is 26.7 Å². The number of carbonyl (C=O) groups excluding carboxylic acids is 1. The van der Waals surface area contributed by atoms with Gasteiger partial charge in [-0.25, -0.2) is 8.78 Å². The van der Waals surface area contributed by atoms with Gasteiger partial charge in [0.05, 0.1) is 23.0 Å². The number of carbonyl (C=O) groups is 1. The van der Waals surface area contributed by atoms with Crippen LogP contribution in [0.25, 0.3) is 0 Å². The van der Waals surface area contributed by atoms with Crippen molar-refractivity contribution in [1.82, 2.24) is 0 Å². The molecule has 1 atom stereocenters. The highest BCUT2D eigenvalue weighted by Crippen LogP contribution is 2.36. The molecule has 0 aliphatic rings. The van der Waals surface area contributed by atoms with Gasteiger partial charge in [0.15, 0.2) is 0 Å². The van der Waals surface area contributed by atoms with Crippen LogP contribution in [0.5, 0.6) is 0 Å². The summed E-state index contributed by atoms with van der Waals surface area (Å²) >= 11 is 0.655. The molecule has 0 aliphatic heterocycles. The number of hydrogen-bond donors (Lipinski definition) is 2. The minimum absolute atomic E-state index is 0. The summed E-state index contributed by atoms with van der Waals surface area (Å²) in [5.41, 5.74) is 4.15. The second-order valence-corrected chi connectivity index (χ2v) is 5.25. The second kappa shape index (κ2) is 8.54. The Labute approximate surface area is 134 Å². The number of halogens is 6. The third-order valence-corrected chi connectivity index (χ3v) is 3.43. The molecular formula is C12H14ClF5N2OS. The van der Waals surface area contributed by atoms with E-state index in [0.717, 1.165) is 12.1 Å². The lowest BCUT2D eigenvalue weighted by atomic mass is 10.2. The van der Waals surface area contributed by atoms with Crippen molar-refractivity contribution in [3.63, 3.8) is 0 Å². The van der Waals surface area contributed by atoms with Gasteiger partial charge < -0.3 is 11.1 Å². The first-order valence-electron chi connectivity index (χ1n) is 5.80. The van der Waals surface area contributed by atoms with Gasteiger partial charge in [-0.05, 0) is 25.1 Å². The van der Waals surface area contributed by atoms with E-state index < -0.39 is 35.9 Å².